The fourth-order valence-electron chi connectivity index (χ4n) is 2.59. The van der Waals surface area contributed by atoms with Crippen molar-refractivity contribution in [1.82, 2.24) is 15.3 Å². The van der Waals surface area contributed by atoms with Crippen molar-refractivity contribution < 1.29 is 4.79 Å². The van der Waals surface area contributed by atoms with Gasteiger partial charge in [-0.25, -0.2) is 9.97 Å². The Kier molecular flexibility index (Phi) is 5.66. The molecule has 0 bridgehead atoms. The molecule has 1 N–H and O–H groups in total. The summed E-state index contributed by atoms with van der Waals surface area (Å²) in [5, 5.41) is 4.64. The molecule has 3 aromatic rings. The minimum Gasteiger partial charge on any atom is -0.355 e. The second-order valence-electron chi connectivity index (χ2n) is 5.88. The highest BCUT2D eigenvalue weighted by Gasteiger charge is 2.17. The molecule has 128 valence electrons. The maximum atomic E-state index is 12.4. The highest BCUT2D eigenvalue weighted by atomic mass is 32.2. The summed E-state index contributed by atoms with van der Waals surface area (Å²) in [5.74, 6) is 0.749. The second-order valence-corrected chi connectivity index (χ2v) is 7.21. The first-order valence-electron chi connectivity index (χ1n) is 8.35. The molecule has 0 radical (unpaired) electrons. The first-order valence-corrected chi connectivity index (χ1v) is 9.23. The van der Waals surface area contributed by atoms with E-state index in [1.165, 1.54) is 17.3 Å². The molecule has 0 aliphatic rings. The van der Waals surface area contributed by atoms with Crippen molar-refractivity contribution in [3.05, 3.63) is 66.0 Å². The lowest BCUT2D eigenvalue weighted by molar-refractivity contribution is -0.120. The van der Waals surface area contributed by atoms with Gasteiger partial charge in [-0.05, 0) is 31.9 Å². The summed E-state index contributed by atoms with van der Waals surface area (Å²) in [5.41, 5.74) is 2.13. The van der Waals surface area contributed by atoms with Crippen molar-refractivity contribution in [3.8, 4) is 0 Å². The van der Waals surface area contributed by atoms with E-state index in [1.54, 1.807) is 0 Å². The lowest BCUT2D eigenvalue weighted by Gasteiger charge is -2.13. The predicted octanol–water partition coefficient (Wildman–Crippen LogP) is 3.78. The maximum Gasteiger partial charge on any atom is 0.233 e. The molecule has 0 spiro atoms. The number of carbonyl (C=O) groups excluding carboxylic acids is 1. The molecule has 1 unspecified atom stereocenters. The monoisotopic (exact) mass is 351 g/mol. The Bertz CT molecular complexity index is 867. The molecule has 1 amide bonds. The molecule has 3 rings (SSSR count). The summed E-state index contributed by atoms with van der Waals surface area (Å²) >= 11 is 1.48. The van der Waals surface area contributed by atoms with Crippen LogP contribution < -0.4 is 5.32 Å². The summed E-state index contributed by atoms with van der Waals surface area (Å²) in [4.78, 5) is 21.4. The van der Waals surface area contributed by atoms with E-state index in [0.29, 0.717) is 6.54 Å². The normalized spacial score (nSPS) is 12.1. The lowest BCUT2D eigenvalue weighted by atomic mass is 10.1. The van der Waals surface area contributed by atoms with E-state index in [2.05, 4.69) is 27.4 Å². The number of thioether (sulfide) groups is 1. The van der Waals surface area contributed by atoms with Gasteiger partial charge < -0.3 is 5.32 Å². The van der Waals surface area contributed by atoms with Gasteiger partial charge in [-0.15, -0.1) is 0 Å². The molecule has 5 heteroatoms. The molecular weight excluding hydrogens is 330 g/mol. The molecule has 1 heterocycles. The molecular formula is C20H21N3OS. The molecule has 0 aliphatic carbocycles. The number of hydrogen-bond donors (Lipinski definition) is 1. The molecule has 0 fully saturated rings. The molecule has 1 aromatic heterocycles. The Hall–Kier alpha value is -2.40. The summed E-state index contributed by atoms with van der Waals surface area (Å²) < 4.78 is 0. The van der Waals surface area contributed by atoms with Gasteiger partial charge in [0.2, 0.25) is 5.91 Å². The Morgan fingerprint density at radius 1 is 1.08 bits per heavy atom. The predicted molar refractivity (Wildman–Crippen MR) is 103 cm³/mol. The third-order valence-corrected chi connectivity index (χ3v) is 5.00. The van der Waals surface area contributed by atoms with Gasteiger partial charge >= 0.3 is 0 Å². The van der Waals surface area contributed by atoms with Crippen LogP contribution in [0.3, 0.4) is 0 Å². The highest BCUT2D eigenvalue weighted by Crippen LogP contribution is 2.28. The van der Waals surface area contributed by atoms with Crippen LogP contribution >= 0.6 is 11.8 Å². The zero-order chi connectivity index (χ0) is 17.6. The van der Waals surface area contributed by atoms with Crippen LogP contribution in [0.2, 0.25) is 0 Å². The van der Waals surface area contributed by atoms with Gasteiger partial charge in [-0.1, -0.05) is 60.3 Å². The quantitative estimate of drug-likeness (QED) is 0.542. The third-order valence-electron chi connectivity index (χ3n) is 3.89. The van der Waals surface area contributed by atoms with Crippen molar-refractivity contribution in [1.29, 1.82) is 0 Å². The van der Waals surface area contributed by atoms with E-state index in [4.69, 9.17) is 0 Å². The Labute approximate surface area is 152 Å². The van der Waals surface area contributed by atoms with Gasteiger partial charge in [0.15, 0.2) is 0 Å². The average Bonchev–Trinajstić information content (AvgIpc) is 2.62. The van der Waals surface area contributed by atoms with Crippen LogP contribution in [-0.4, -0.2) is 27.7 Å². The maximum absolute atomic E-state index is 12.4. The fraction of sp³-hybridized carbons (Fsp3) is 0.250. The fourth-order valence-corrected chi connectivity index (χ4v) is 3.60. The number of nitrogens with one attached hydrogen (secondary N) is 1. The number of nitrogens with zero attached hydrogens (tertiary/aromatic N) is 2. The topological polar surface area (TPSA) is 54.9 Å². The van der Waals surface area contributed by atoms with Gasteiger partial charge in [0.25, 0.3) is 0 Å². The van der Waals surface area contributed by atoms with Crippen molar-refractivity contribution >= 4 is 28.6 Å². The van der Waals surface area contributed by atoms with Crippen molar-refractivity contribution in [2.45, 2.75) is 30.5 Å². The number of hydrogen-bond acceptors (Lipinski definition) is 4. The number of amides is 1. The van der Waals surface area contributed by atoms with E-state index in [9.17, 15) is 4.79 Å². The summed E-state index contributed by atoms with van der Waals surface area (Å²) in [6.07, 6.45) is 0.833. The van der Waals surface area contributed by atoms with Gasteiger partial charge in [-0.3, -0.25) is 4.79 Å². The van der Waals surface area contributed by atoms with E-state index >= 15 is 0 Å². The molecule has 1 atom stereocenters. The summed E-state index contributed by atoms with van der Waals surface area (Å²) in [6.45, 7) is 4.42. The molecule has 0 saturated carbocycles. The number of aryl methyl sites for hydroxylation is 1. The van der Waals surface area contributed by atoms with Crippen molar-refractivity contribution in [3.63, 3.8) is 0 Å². The number of para-hydroxylation sites is 1. The first-order chi connectivity index (χ1) is 12.1. The van der Waals surface area contributed by atoms with E-state index in [0.717, 1.165) is 28.2 Å². The molecule has 25 heavy (non-hydrogen) atoms. The van der Waals surface area contributed by atoms with Gasteiger partial charge in [0, 0.05) is 11.9 Å². The highest BCUT2D eigenvalue weighted by molar-refractivity contribution is 8.00. The van der Waals surface area contributed by atoms with Gasteiger partial charge in [0.1, 0.15) is 10.9 Å². The number of benzene rings is 2. The number of rotatable bonds is 6. The van der Waals surface area contributed by atoms with Gasteiger partial charge in [0.05, 0.1) is 10.8 Å². The first kappa shape index (κ1) is 17.4. The number of aromatic nitrogens is 2. The largest absolute Gasteiger partial charge is 0.355 e. The third kappa shape index (κ3) is 4.57. The summed E-state index contributed by atoms with van der Waals surface area (Å²) in [6, 6.07) is 18.1. The molecule has 2 aromatic carbocycles. The van der Waals surface area contributed by atoms with Crippen LogP contribution in [-0.2, 0) is 11.2 Å². The Balaban J connectivity index is 1.62. The van der Waals surface area contributed by atoms with Crippen LogP contribution in [0.5, 0.6) is 0 Å². The smallest absolute Gasteiger partial charge is 0.233 e. The average molecular weight is 351 g/mol. The zero-order valence-corrected chi connectivity index (χ0v) is 15.2. The Morgan fingerprint density at radius 2 is 1.80 bits per heavy atom. The standard InChI is InChI=1S/C20H21N3OS/c1-14(19(24)21-13-12-16-8-4-3-5-9-16)25-20-17-10-6-7-11-18(17)22-15(2)23-20/h3-11,14H,12-13H2,1-2H3,(H,21,24). The van der Waals surface area contributed by atoms with Crippen LogP contribution in [0, 0.1) is 6.92 Å². The van der Waals surface area contributed by atoms with Crippen LogP contribution in [0.15, 0.2) is 59.6 Å². The number of carbonyl (C=O) groups is 1. The number of fused-ring (bicyclic) bond motifs is 1. The minimum absolute atomic E-state index is 0.0290. The molecule has 0 aliphatic heterocycles. The molecule has 0 saturated heterocycles. The van der Waals surface area contributed by atoms with Gasteiger partial charge in [-0.2, -0.15) is 0 Å². The van der Waals surface area contributed by atoms with Crippen LogP contribution in [0.25, 0.3) is 10.9 Å². The van der Waals surface area contributed by atoms with Crippen molar-refractivity contribution in [2.24, 2.45) is 0 Å². The second kappa shape index (κ2) is 8.12. The van der Waals surface area contributed by atoms with Crippen LogP contribution in [0.4, 0.5) is 0 Å². The SMILES string of the molecule is Cc1nc(SC(C)C(=O)NCCc2ccccc2)c2ccccc2n1. The van der Waals surface area contributed by atoms with E-state index < -0.39 is 0 Å². The lowest BCUT2D eigenvalue weighted by Crippen LogP contribution is -2.32. The molecule has 4 nitrogen and oxygen atoms in total. The minimum atomic E-state index is -0.214. The van der Waals surface area contributed by atoms with Crippen molar-refractivity contribution in [2.75, 3.05) is 6.54 Å². The van der Waals surface area contributed by atoms with Crippen LogP contribution in [0.1, 0.15) is 18.3 Å². The summed E-state index contributed by atoms with van der Waals surface area (Å²) in [7, 11) is 0. The Morgan fingerprint density at radius 3 is 2.60 bits per heavy atom. The van der Waals surface area contributed by atoms with E-state index in [-0.39, 0.29) is 11.2 Å². The van der Waals surface area contributed by atoms with E-state index in [1.807, 2.05) is 56.3 Å². The zero-order valence-electron chi connectivity index (χ0n) is 14.4.